The first-order valence-corrected chi connectivity index (χ1v) is 11.0. The molecule has 0 saturated carbocycles. The quantitative estimate of drug-likeness (QED) is 0.574. The summed E-state index contributed by atoms with van der Waals surface area (Å²) in [4.78, 5) is 26.2. The van der Waals surface area contributed by atoms with Gasteiger partial charge in [-0.2, -0.15) is 5.10 Å². The predicted octanol–water partition coefficient (Wildman–Crippen LogP) is 2.58. The highest BCUT2D eigenvalue weighted by Gasteiger charge is 2.30. The van der Waals surface area contributed by atoms with Crippen molar-refractivity contribution in [2.45, 2.75) is 38.5 Å². The van der Waals surface area contributed by atoms with Crippen molar-refractivity contribution < 1.29 is 8.91 Å². The average molecular weight is 452 g/mol. The SMILES string of the molecule is [2H]C([2H])([2H])n1ccc(CNc2ncc3c(n2)CN(C(=O)N[C@H](CN(C)C)c2ccccc2)[C@H](C)C3)n1. The Labute approximate surface area is 199 Å². The summed E-state index contributed by atoms with van der Waals surface area (Å²) in [5.74, 6) is 0.405. The number of carbonyl (C=O) groups is 1. The number of aromatic nitrogens is 4. The largest absolute Gasteiger partial charge is 0.348 e. The molecule has 0 aliphatic carbocycles. The summed E-state index contributed by atoms with van der Waals surface area (Å²) in [6.07, 6.45) is 3.88. The number of amides is 2. The Bertz CT molecular complexity index is 1180. The molecule has 1 aromatic carbocycles. The molecule has 1 aliphatic rings. The maximum absolute atomic E-state index is 13.3. The lowest BCUT2D eigenvalue weighted by Gasteiger charge is -2.35. The molecule has 9 nitrogen and oxygen atoms in total. The highest BCUT2D eigenvalue weighted by Crippen LogP contribution is 2.23. The molecule has 4 rings (SSSR count). The van der Waals surface area contributed by atoms with E-state index in [4.69, 9.17) is 4.11 Å². The molecule has 1 aliphatic heterocycles. The number of aryl methyl sites for hydroxylation is 1. The van der Waals surface area contributed by atoms with Crippen molar-refractivity contribution in [1.82, 2.24) is 34.9 Å². The minimum absolute atomic E-state index is 0.000429. The maximum Gasteiger partial charge on any atom is 0.318 e. The van der Waals surface area contributed by atoms with Gasteiger partial charge in [0.1, 0.15) is 0 Å². The normalized spacial score (nSPS) is 18.1. The van der Waals surface area contributed by atoms with Crippen LogP contribution in [0.4, 0.5) is 10.7 Å². The second kappa shape index (κ2) is 9.99. The van der Waals surface area contributed by atoms with Crippen LogP contribution in [0.25, 0.3) is 0 Å². The van der Waals surface area contributed by atoms with E-state index in [0.29, 0.717) is 31.2 Å². The van der Waals surface area contributed by atoms with E-state index in [1.807, 2.05) is 56.3 Å². The molecule has 174 valence electrons. The highest BCUT2D eigenvalue weighted by atomic mass is 16.2. The highest BCUT2D eigenvalue weighted by molar-refractivity contribution is 5.75. The molecule has 0 spiro atoms. The standard InChI is InChI=1S/C24H32N8O/c1-17-12-19-13-25-23(26-14-20-10-11-31(4)29-20)27-22(19)16-32(17)24(33)28-21(15-30(2)3)18-8-6-5-7-9-18/h5-11,13,17,21H,12,14-16H2,1-4H3,(H,28,33)(H,25,26,27)/t17-,21-/m1/s1/i4D3. The van der Waals surface area contributed by atoms with E-state index in [1.54, 1.807) is 12.3 Å². The van der Waals surface area contributed by atoms with E-state index >= 15 is 0 Å². The number of benzene rings is 1. The molecule has 2 N–H and O–H groups in total. The van der Waals surface area contributed by atoms with Gasteiger partial charge in [-0.25, -0.2) is 14.8 Å². The first kappa shape index (κ1) is 19.0. The molecule has 3 heterocycles. The maximum atomic E-state index is 13.3. The van der Waals surface area contributed by atoms with Crippen LogP contribution in [-0.4, -0.2) is 62.3 Å². The van der Waals surface area contributed by atoms with Gasteiger partial charge in [0, 0.05) is 36.1 Å². The second-order valence-corrected chi connectivity index (χ2v) is 8.63. The van der Waals surface area contributed by atoms with E-state index in [2.05, 4.69) is 30.6 Å². The van der Waals surface area contributed by atoms with Crippen LogP contribution in [0.1, 0.15) is 39.6 Å². The van der Waals surface area contributed by atoms with Crippen molar-refractivity contribution in [3.8, 4) is 0 Å². The third kappa shape index (κ3) is 5.67. The Hall–Kier alpha value is -3.46. The van der Waals surface area contributed by atoms with Crippen molar-refractivity contribution >= 4 is 12.0 Å². The number of hydrogen-bond acceptors (Lipinski definition) is 6. The van der Waals surface area contributed by atoms with E-state index in [9.17, 15) is 4.79 Å². The van der Waals surface area contributed by atoms with Gasteiger partial charge in [0.2, 0.25) is 5.95 Å². The van der Waals surface area contributed by atoms with E-state index < -0.39 is 6.98 Å². The fraction of sp³-hybridized carbons (Fsp3) is 0.417. The topological polar surface area (TPSA) is 91.2 Å². The average Bonchev–Trinajstić information content (AvgIpc) is 3.32. The van der Waals surface area contributed by atoms with Crippen LogP contribution in [-0.2, 0) is 26.5 Å². The molecule has 2 amide bonds. The third-order valence-corrected chi connectivity index (χ3v) is 5.70. The van der Waals surface area contributed by atoms with Gasteiger partial charge in [0.15, 0.2) is 0 Å². The molecule has 0 radical (unpaired) electrons. The molecular weight excluding hydrogens is 416 g/mol. The van der Waals surface area contributed by atoms with Crippen molar-refractivity contribution in [2.24, 2.45) is 6.98 Å². The van der Waals surface area contributed by atoms with Crippen LogP contribution in [0.15, 0.2) is 48.8 Å². The van der Waals surface area contributed by atoms with E-state index in [-0.39, 0.29) is 24.7 Å². The number of urea groups is 1. The number of hydrogen-bond donors (Lipinski definition) is 2. The molecule has 0 fully saturated rings. The Morgan fingerprint density at radius 2 is 2.12 bits per heavy atom. The molecule has 0 unspecified atom stereocenters. The van der Waals surface area contributed by atoms with Gasteiger partial charge in [0.05, 0.1) is 30.5 Å². The summed E-state index contributed by atoms with van der Waals surface area (Å²) >= 11 is 0. The van der Waals surface area contributed by atoms with Gasteiger partial charge in [-0.3, -0.25) is 4.68 Å². The zero-order valence-corrected chi connectivity index (χ0v) is 19.2. The Kier molecular flexibility index (Phi) is 5.77. The van der Waals surface area contributed by atoms with Gasteiger partial charge in [0.25, 0.3) is 0 Å². The zero-order chi connectivity index (χ0) is 25.9. The van der Waals surface area contributed by atoms with Crippen LogP contribution in [0.5, 0.6) is 0 Å². The summed E-state index contributed by atoms with van der Waals surface area (Å²) in [5, 5.41) is 10.4. The van der Waals surface area contributed by atoms with Gasteiger partial charge in [-0.1, -0.05) is 30.3 Å². The second-order valence-electron chi connectivity index (χ2n) is 8.63. The van der Waals surface area contributed by atoms with Crippen molar-refractivity contribution in [2.75, 3.05) is 26.0 Å². The summed E-state index contributed by atoms with van der Waals surface area (Å²) < 4.78 is 23.2. The van der Waals surface area contributed by atoms with Gasteiger partial charge in [-0.05, 0) is 44.6 Å². The lowest BCUT2D eigenvalue weighted by Crippen LogP contribution is -2.50. The molecule has 2 atom stereocenters. The first-order chi connectivity index (χ1) is 17.1. The Balaban J connectivity index is 1.43. The minimum atomic E-state index is -2.31. The third-order valence-electron chi connectivity index (χ3n) is 5.70. The fourth-order valence-corrected chi connectivity index (χ4v) is 3.99. The number of anilines is 1. The van der Waals surface area contributed by atoms with Gasteiger partial charge < -0.3 is 20.4 Å². The Morgan fingerprint density at radius 3 is 2.85 bits per heavy atom. The number of likely N-dealkylation sites (N-methyl/N-ethyl adjacent to an activating group) is 1. The lowest BCUT2D eigenvalue weighted by atomic mass is 10.0. The van der Waals surface area contributed by atoms with Gasteiger partial charge in [-0.15, -0.1) is 0 Å². The van der Waals surface area contributed by atoms with Crippen molar-refractivity contribution in [3.05, 3.63) is 71.3 Å². The monoisotopic (exact) mass is 451 g/mol. The van der Waals surface area contributed by atoms with Crippen molar-refractivity contribution in [3.63, 3.8) is 0 Å². The predicted molar refractivity (Wildman–Crippen MR) is 128 cm³/mol. The van der Waals surface area contributed by atoms with Crippen LogP contribution < -0.4 is 10.6 Å². The molecule has 0 saturated heterocycles. The van der Waals surface area contributed by atoms with E-state index in [1.165, 1.54) is 6.20 Å². The molecule has 3 aromatic rings. The van der Waals surface area contributed by atoms with Gasteiger partial charge >= 0.3 is 6.03 Å². The van der Waals surface area contributed by atoms with Crippen LogP contribution >= 0.6 is 0 Å². The number of nitrogens with one attached hydrogen (secondary N) is 2. The van der Waals surface area contributed by atoms with Crippen LogP contribution in [0, 0.1) is 0 Å². The Morgan fingerprint density at radius 1 is 1.30 bits per heavy atom. The molecule has 9 heteroatoms. The molecule has 0 bridgehead atoms. The summed E-state index contributed by atoms with van der Waals surface area (Å²) in [7, 11) is 3.97. The molecule has 33 heavy (non-hydrogen) atoms. The molecule has 2 aromatic heterocycles. The van der Waals surface area contributed by atoms with E-state index in [0.717, 1.165) is 21.5 Å². The summed E-state index contributed by atoms with van der Waals surface area (Å²) in [6, 6.07) is 11.3. The number of fused-ring (bicyclic) bond motifs is 1. The lowest BCUT2D eigenvalue weighted by molar-refractivity contribution is 0.161. The van der Waals surface area contributed by atoms with Crippen LogP contribution in [0.3, 0.4) is 0 Å². The fourth-order valence-electron chi connectivity index (χ4n) is 3.99. The summed E-state index contributed by atoms with van der Waals surface area (Å²) in [5.41, 5.74) is 3.42. The first-order valence-electron chi connectivity index (χ1n) is 12.5. The zero-order valence-electron chi connectivity index (χ0n) is 22.2. The summed E-state index contributed by atoms with van der Waals surface area (Å²) in [6.45, 7) is 1.05. The number of carbonyl (C=O) groups excluding carboxylic acids is 1. The smallest absolute Gasteiger partial charge is 0.318 e. The van der Waals surface area contributed by atoms with Crippen LogP contribution in [0.2, 0.25) is 0 Å². The molecular formula is C24H32N8O. The minimum Gasteiger partial charge on any atom is -0.348 e. The number of rotatable bonds is 7. The van der Waals surface area contributed by atoms with Crippen molar-refractivity contribution in [1.29, 1.82) is 0 Å². The number of nitrogens with zero attached hydrogens (tertiary/aromatic N) is 6.